The number of aromatic nitrogens is 2. The molecule has 166 valence electrons. The van der Waals surface area contributed by atoms with Gasteiger partial charge in [0, 0.05) is 25.2 Å². The fourth-order valence-electron chi connectivity index (χ4n) is 3.85. The molecule has 2 aromatic carbocycles. The summed E-state index contributed by atoms with van der Waals surface area (Å²) < 4.78 is 6.82. The van der Waals surface area contributed by atoms with E-state index in [2.05, 4.69) is 22.5 Å². The summed E-state index contributed by atoms with van der Waals surface area (Å²) >= 11 is 0. The van der Waals surface area contributed by atoms with Crippen molar-refractivity contribution in [1.82, 2.24) is 20.0 Å². The second-order valence-corrected chi connectivity index (χ2v) is 8.11. The second-order valence-electron chi connectivity index (χ2n) is 8.11. The van der Waals surface area contributed by atoms with Crippen LogP contribution in [0.4, 0.5) is 0 Å². The molecule has 2 amide bonds. The third kappa shape index (κ3) is 4.99. The number of hydrogen-bond donors (Lipinski definition) is 1. The lowest BCUT2D eigenvalue weighted by Gasteiger charge is -2.27. The van der Waals surface area contributed by atoms with Gasteiger partial charge in [-0.05, 0) is 43.0 Å². The molecule has 32 heavy (non-hydrogen) atoms. The van der Waals surface area contributed by atoms with Crippen LogP contribution in [0.15, 0.2) is 60.7 Å². The van der Waals surface area contributed by atoms with Crippen molar-refractivity contribution in [3.05, 3.63) is 83.2 Å². The molecule has 3 aromatic rings. The molecule has 7 heteroatoms. The Balaban J connectivity index is 1.36. The van der Waals surface area contributed by atoms with Gasteiger partial charge in [0.1, 0.15) is 11.4 Å². The number of fused-ring (bicyclic) bond motifs is 1. The molecular weight excluding hydrogens is 404 g/mol. The van der Waals surface area contributed by atoms with Gasteiger partial charge in [-0.2, -0.15) is 5.10 Å². The number of aryl methyl sites for hydroxylation is 1. The molecule has 1 atom stereocenters. The van der Waals surface area contributed by atoms with E-state index >= 15 is 0 Å². The van der Waals surface area contributed by atoms with Crippen LogP contribution in [0.3, 0.4) is 0 Å². The van der Waals surface area contributed by atoms with Crippen LogP contribution in [-0.4, -0.2) is 46.2 Å². The number of nitrogens with zero attached hydrogens (tertiary/aromatic N) is 3. The van der Waals surface area contributed by atoms with Crippen molar-refractivity contribution in [3.8, 4) is 5.75 Å². The van der Waals surface area contributed by atoms with Crippen molar-refractivity contribution in [2.45, 2.75) is 38.9 Å². The summed E-state index contributed by atoms with van der Waals surface area (Å²) in [7, 11) is 1.63. The van der Waals surface area contributed by atoms with Crippen molar-refractivity contribution < 1.29 is 14.3 Å². The Bertz CT molecular complexity index is 1080. The predicted molar refractivity (Wildman–Crippen MR) is 122 cm³/mol. The molecule has 2 heterocycles. The van der Waals surface area contributed by atoms with Crippen LogP contribution in [0.1, 0.15) is 45.4 Å². The van der Waals surface area contributed by atoms with E-state index in [0.717, 1.165) is 24.2 Å². The van der Waals surface area contributed by atoms with Crippen LogP contribution < -0.4 is 10.1 Å². The summed E-state index contributed by atoms with van der Waals surface area (Å²) in [6, 6.07) is 19.5. The highest BCUT2D eigenvalue weighted by atomic mass is 16.5. The summed E-state index contributed by atoms with van der Waals surface area (Å²) in [6.45, 7) is 3.60. The molecule has 1 aromatic heterocycles. The van der Waals surface area contributed by atoms with Gasteiger partial charge in [-0.1, -0.05) is 42.5 Å². The zero-order chi connectivity index (χ0) is 22.5. The number of amides is 2. The minimum atomic E-state index is -0.248. The fraction of sp³-hybridized carbons (Fsp3) is 0.320. The Hall–Kier alpha value is -3.61. The van der Waals surface area contributed by atoms with Gasteiger partial charge < -0.3 is 15.0 Å². The average Bonchev–Trinajstić information content (AvgIpc) is 3.26. The van der Waals surface area contributed by atoms with E-state index in [1.807, 2.05) is 49.4 Å². The summed E-state index contributed by atoms with van der Waals surface area (Å²) in [6.07, 6.45) is 1.72. The average molecular weight is 433 g/mol. The van der Waals surface area contributed by atoms with E-state index in [9.17, 15) is 9.59 Å². The van der Waals surface area contributed by atoms with Crippen molar-refractivity contribution >= 4 is 11.8 Å². The molecule has 0 saturated heterocycles. The summed E-state index contributed by atoms with van der Waals surface area (Å²) in [4.78, 5) is 27.5. The standard InChI is InChI=1S/C25H28N4O3/c1-18(8-9-19-6-4-3-5-7-19)26-24(30)22-16-23-25(31)28(14-15-29(23)27-22)17-20-10-12-21(32-2)13-11-20/h3-7,10-13,16,18H,8-9,14-15,17H2,1-2H3,(H,26,30). The highest BCUT2D eigenvalue weighted by molar-refractivity contribution is 5.98. The molecule has 4 rings (SSSR count). The molecule has 1 unspecified atom stereocenters. The largest absolute Gasteiger partial charge is 0.497 e. The van der Waals surface area contributed by atoms with Crippen molar-refractivity contribution in [3.63, 3.8) is 0 Å². The molecule has 1 N–H and O–H groups in total. The van der Waals surface area contributed by atoms with Crippen molar-refractivity contribution in [1.29, 1.82) is 0 Å². The Morgan fingerprint density at radius 2 is 1.84 bits per heavy atom. The Morgan fingerprint density at radius 3 is 2.56 bits per heavy atom. The van der Waals surface area contributed by atoms with Gasteiger partial charge in [0.05, 0.1) is 13.7 Å². The normalized spacial score (nSPS) is 14.1. The van der Waals surface area contributed by atoms with Crippen molar-refractivity contribution in [2.75, 3.05) is 13.7 Å². The highest BCUT2D eigenvalue weighted by Gasteiger charge is 2.28. The van der Waals surface area contributed by atoms with Gasteiger partial charge >= 0.3 is 0 Å². The maximum atomic E-state index is 13.0. The van der Waals surface area contributed by atoms with Gasteiger partial charge in [-0.25, -0.2) is 0 Å². The number of rotatable bonds is 8. The molecule has 0 bridgehead atoms. The lowest BCUT2D eigenvalue weighted by molar-refractivity contribution is 0.0683. The van der Waals surface area contributed by atoms with Crippen molar-refractivity contribution in [2.24, 2.45) is 0 Å². The second kappa shape index (κ2) is 9.68. The SMILES string of the molecule is COc1ccc(CN2CCn3nc(C(=O)NC(C)CCc4ccccc4)cc3C2=O)cc1. The van der Waals surface area contributed by atoms with E-state index in [1.165, 1.54) is 5.56 Å². The Morgan fingerprint density at radius 1 is 1.09 bits per heavy atom. The maximum Gasteiger partial charge on any atom is 0.272 e. The maximum absolute atomic E-state index is 13.0. The first-order chi connectivity index (χ1) is 15.5. The number of ether oxygens (including phenoxy) is 1. The van der Waals surface area contributed by atoms with Crippen LogP contribution in [0.2, 0.25) is 0 Å². The lowest BCUT2D eigenvalue weighted by atomic mass is 10.1. The van der Waals surface area contributed by atoms with E-state index in [1.54, 1.807) is 22.8 Å². The molecule has 0 fully saturated rings. The Kier molecular flexibility index (Phi) is 6.54. The Labute approximate surface area is 188 Å². The zero-order valence-electron chi connectivity index (χ0n) is 18.5. The molecule has 0 saturated carbocycles. The zero-order valence-corrected chi connectivity index (χ0v) is 18.5. The molecule has 0 spiro atoms. The monoisotopic (exact) mass is 432 g/mol. The van der Waals surface area contributed by atoms with Gasteiger partial charge in [0.15, 0.2) is 5.69 Å². The van der Waals surface area contributed by atoms with Crippen LogP contribution in [0, 0.1) is 0 Å². The summed E-state index contributed by atoms with van der Waals surface area (Å²) in [5, 5.41) is 7.38. The molecular formula is C25H28N4O3. The third-order valence-corrected chi connectivity index (χ3v) is 5.72. The van der Waals surface area contributed by atoms with E-state index in [4.69, 9.17) is 4.74 Å². The molecule has 0 aliphatic carbocycles. The minimum absolute atomic E-state index is 0.00343. The molecule has 1 aliphatic rings. The first kappa shape index (κ1) is 21.6. The van der Waals surface area contributed by atoms with Gasteiger partial charge in [0.2, 0.25) is 0 Å². The van der Waals surface area contributed by atoms with Crippen LogP contribution in [0.5, 0.6) is 5.75 Å². The number of nitrogens with one attached hydrogen (secondary N) is 1. The molecule has 0 radical (unpaired) electrons. The van der Waals surface area contributed by atoms with Gasteiger partial charge in [-0.15, -0.1) is 0 Å². The number of methoxy groups -OCH3 is 1. The fourth-order valence-corrected chi connectivity index (χ4v) is 3.85. The number of hydrogen-bond acceptors (Lipinski definition) is 4. The molecule has 7 nitrogen and oxygen atoms in total. The smallest absolute Gasteiger partial charge is 0.272 e. The minimum Gasteiger partial charge on any atom is -0.497 e. The quantitative estimate of drug-likeness (QED) is 0.593. The number of carbonyl (C=O) groups excluding carboxylic acids is 2. The number of benzene rings is 2. The van der Waals surface area contributed by atoms with E-state index < -0.39 is 0 Å². The van der Waals surface area contributed by atoms with Crippen LogP contribution in [-0.2, 0) is 19.5 Å². The highest BCUT2D eigenvalue weighted by Crippen LogP contribution is 2.18. The van der Waals surface area contributed by atoms with E-state index in [0.29, 0.717) is 25.3 Å². The lowest BCUT2D eigenvalue weighted by Crippen LogP contribution is -2.39. The van der Waals surface area contributed by atoms with E-state index in [-0.39, 0.29) is 23.6 Å². The van der Waals surface area contributed by atoms with Gasteiger partial charge in [0.25, 0.3) is 11.8 Å². The molecule has 1 aliphatic heterocycles. The summed E-state index contributed by atoms with van der Waals surface area (Å²) in [5.74, 6) is 0.420. The summed E-state index contributed by atoms with van der Waals surface area (Å²) in [5.41, 5.74) is 3.00. The van der Waals surface area contributed by atoms with Gasteiger partial charge in [-0.3, -0.25) is 14.3 Å². The predicted octanol–water partition coefficient (Wildman–Crippen LogP) is 3.30. The third-order valence-electron chi connectivity index (χ3n) is 5.72. The topological polar surface area (TPSA) is 76.5 Å². The first-order valence-electron chi connectivity index (χ1n) is 10.9. The number of carbonyl (C=O) groups is 2. The van der Waals surface area contributed by atoms with Crippen LogP contribution in [0.25, 0.3) is 0 Å². The first-order valence-corrected chi connectivity index (χ1v) is 10.9. The van der Waals surface area contributed by atoms with Crippen LogP contribution >= 0.6 is 0 Å².